The van der Waals surface area contributed by atoms with Gasteiger partial charge in [0.15, 0.2) is 9.84 Å². The first-order chi connectivity index (χ1) is 19.2. The van der Waals surface area contributed by atoms with Crippen LogP contribution in [0.5, 0.6) is 5.75 Å². The van der Waals surface area contributed by atoms with Gasteiger partial charge in [0.05, 0.1) is 10.4 Å². The number of anilines is 1. The van der Waals surface area contributed by atoms with Gasteiger partial charge in [0.25, 0.3) is 0 Å². The maximum atomic E-state index is 14.0. The molecule has 0 N–H and O–H groups in total. The summed E-state index contributed by atoms with van der Waals surface area (Å²) in [6.07, 6.45) is 3.88. The Kier molecular flexibility index (Phi) is 6.72. The fraction of sp³-hybridized carbons (Fsp3) is 0.379. The average Bonchev–Trinajstić information content (AvgIpc) is 3.85. The summed E-state index contributed by atoms with van der Waals surface area (Å²) < 4.78 is 69.9. The molecule has 2 aromatic carbocycles. The summed E-state index contributed by atoms with van der Waals surface area (Å²) in [5.74, 6) is -0.600. The number of benzene rings is 2. The molecule has 3 aromatic rings. The van der Waals surface area contributed by atoms with Gasteiger partial charge in [-0.05, 0) is 85.2 Å². The Morgan fingerprint density at radius 2 is 1.70 bits per heavy atom. The van der Waals surface area contributed by atoms with Crippen LogP contribution in [0, 0.1) is 17.7 Å². The Labute approximate surface area is 230 Å². The van der Waals surface area contributed by atoms with Gasteiger partial charge in [-0.2, -0.15) is 8.78 Å². The number of rotatable bonds is 9. The summed E-state index contributed by atoms with van der Waals surface area (Å²) in [5, 5.41) is 0. The normalized spacial score (nSPS) is 23.9. The number of aromatic nitrogens is 1. The molecule has 0 spiro atoms. The molecule has 1 amide bonds. The van der Waals surface area contributed by atoms with E-state index in [4.69, 9.17) is 0 Å². The first-order valence-corrected chi connectivity index (χ1v) is 14.9. The molecule has 2 atom stereocenters. The van der Waals surface area contributed by atoms with Crippen LogP contribution in [-0.2, 0) is 20.2 Å². The van der Waals surface area contributed by atoms with Crippen molar-refractivity contribution in [3.63, 3.8) is 0 Å². The number of piperidine rings is 1. The van der Waals surface area contributed by atoms with Crippen molar-refractivity contribution in [2.24, 2.45) is 11.8 Å². The van der Waals surface area contributed by atoms with E-state index in [2.05, 4.69) is 14.6 Å². The summed E-state index contributed by atoms with van der Waals surface area (Å²) in [7, 11) is -4.03. The lowest BCUT2D eigenvalue weighted by atomic mass is 9.89. The number of pyridine rings is 1. The highest BCUT2D eigenvalue weighted by Crippen LogP contribution is 2.79. The minimum Gasteiger partial charge on any atom is -0.435 e. The lowest BCUT2D eigenvalue weighted by Gasteiger charge is -2.46. The number of carbonyl (C=O) groups excluding carboxylic acids is 1. The van der Waals surface area contributed by atoms with Crippen molar-refractivity contribution in [1.29, 1.82) is 0 Å². The van der Waals surface area contributed by atoms with Crippen LogP contribution in [0.25, 0.3) is 0 Å². The topological polar surface area (TPSA) is 79.8 Å². The number of hydrogen-bond acceptors (Lipinski definition) is 6. The van der Waals surface area contributed by atoms with Crippen LogP contribution in [0.4, 0.5) is 19.0 Å². The fourth-order valence-electron chi connectivity index (χ4n) is 6.31. The van der Waals surface area contributed by atoms with Crippen molar-refractivity contribution in [3.8, 4) is 5.75 Å². The maximum absolute atomic E-state index is 14.0. The van der Waals surface area contributed by atoms with E-state index in [0.717, 1.165) is 29.9 Å². The Balaban J connectivity index is 1.30. The van der Waals surface area contributed by atoms with Gasteiger partial charge in [0.1, 0.15) is 23.1 Å². The summed E-state index contributed by atoms with van der Waals surface area (Å²) in [6, 6.07) is 16.2. The van der Waals surface area contributed by atoms with Gasteiger partial charge >= 0.3 is 6.61 Å². The van der Waals surface area contributed by atoms with Crippen molar-refractivity contribution in [2.45, 2.75) is 42.4 Å². The van der Waals surface area contributed by atoms with Crippen LogP contribution in [-0.4, -0.2) is 55.7 Å². The zero-order valence-corrected chi connectivity index (χ0v) is 22.3. The van der Waals surface area contributed by atoms with E-state index in [1.165, 1.54) is 24.3 Å². The van der Waals surface area contributed by atoms with E-state index < -0.39 is 39.5 Å². The van der Waals surface area contributed by atoms with Gasteiger partial charge in [-0.25, -0.2) is 17.8 Å². The van der Waals surface area contributed by atoms with Gasteiger partial charge in [0.2, 0.25) is 5.91 Å². The second kappa shape index (κ2) is 10.1. The van der Waals surface area contributed by atoms with E-state index in [9.17, 15) is 26.4 Å². The lowest BCUT2D eigenvalue weighted by molar-refractivity contribution is -0.137. The van der Waals surface area contributed by atoms with Crippen LogP contribution in [0.2, 0.25) is 0 Å². The summed E-state index contributed by atoms with van der Waals surface area (Å²) in [6.45, 7) is -1.67. The first-order valence-electron chi connectivity index (χ1n) is 13.2. The molecule has 11 heteroatoms. The van der Waals surface area contributed by atoms with Crippen molar-refractivity contribution in [1.82, 2.24) is 9.88 Å². The molecule has 2 heterocycles. The number of amides is 1. The number of ether oxygens (including phenoxy) is 1. The molecule has 1 aliphatic heterocycles. The number of halogens is 3. The minimum atomic E-state index is -4.03. The average molecular weight is 572 g/mol. The molecule has 6 rings (SSSR count). The molecular weight excluding hydrogens is 543 g/mol. The highest BCUT2D eigenvalue weighted by molar-refractivity contribution is 7.92. The largest absolute Gasteiger partial charge is 0.435 e. The van der Waals surface area contributed by atoms with Crippen molar-refractivity contribution in [3.05, 3.63) is 84.3 Å². The Hall–Kier alpha value is -3.60. The lowest BCUT2D eigenvalue weighted by Crippen LogP contribution is -2.55. The van der Waals surface area contributed by atoms with Crippen LogP contribution < -0.4 is 9.64 Å². The van der Waals surface area contributed by atoms with E-state index in [0.29, 0.717) is 25.9 Å². The Bertz CT molecular complexity index is 1470. The molecule has 0 radical (unpaired) electrons. The molecule has 40 heavy (non-hydrogen) atoms. The molecule has 1 saturated heterocycles. The molecule has 3 fully saturated rings. The number of nitrogens with zero attached hydrogens (tertiary/aromatic N) is 3. The van der Waals surface area contributed by atoms with Gasteiger partial charge in [-0.15, -0.1) is 0 Å². The van der Waals surface area contributed by atoms with Gasteiger partial charge in [-0.1, -0.05) is 18.2 Å². The Morgan fingerprint density at radius 1 is 1.02 bits per heavy atom. The molecule has 3 aliphatic rings. The standard InChI is InChI=1S/C29H28F3N3O4S/c30-20-6-10-23(11-7-20)40(37,38)18-27(36)35(21-12-15-34(16-13-21)26-3-1-2-14-33-26)29(24-17-25(24)29)19-4-8-22(9-5-19)39-28(31)32/h1-11,14,21,24-25,28H,12-13,15-18H2. The molecule has 2 saturated carbocycles. The highest BCUT2D eigenvalue weighted by Gasteiger charge is 2.81. The Morgan fingerprint density at radius 3 is 2.25 bits per heavy atom. The number of sulfone groups is 1. The zero-order chi connectivity index (χ0) is 28.1. The van der Waals surface area contributed by atoms with Gasteiger partial charge in [0, 0.05) is 25.3 Å². The molecule has 210 valence electrons. The molecule has 1 aromatic heterocycles. The second-order valence-electron chi connectivity index (χ2n) is 10.6. The van der Waals surface area contributed by atoms with E-state index in [-0.39, 0.29) is 28.5 Å². The van der Waals surface area contributed by atoms with Crippen molar-refractivity contribution < 1.29 is 31.1 Å². The maximum Gasteiger partial charge on any atom is 0.387 e. The number of fused-ring (bicyclic) bond motifs is 1. The number of alkyl halides is 2. The molecule has 7 nitrogen and oxygen atoms in total. The number of hydrogen-bond donors (Lipinski definition) is 0. The van der Waals surface area contributed by atoms with E-state index in [1.54, 1.807) is 23.2 Å². The SMILES string of the molecule is O=C(CS(=O)(=O)c1ccc(F)cc1)N(C1CCN(c2ccccn2)CC1)C1(c2ccc(OC(F)F)cc2)C2CC21. The third-order valence-electron chi connectivity index (χ3n) is 8.31. The molecule has 0 bridgehead atoms. The predicted octanol–water partition coefficient (Wildman–Crippen LogP) is 4.64. The van der Waals surface area contributed by atoms with E-state index >= 15 is 0 Å². The summed E-state index contributed by atoms with van der Waals surface area (Å²) in [4.78, 5) is 22.2. The quantitative estimate of drug-likeness (QED) is 0.349. The van der Waals surface area contributed by atoms with E-state index in [1.807, 2.05) is 18.2 Å². The molecular formula is C29H28F3N3O4S. The zero-order valence-electron chi connectivity index (χ0n) is 21.5. The smallest absolute Gasteiger partial charge is 0.387 e. The molecule has 2 unspecified atom stereocenters. The summed E-state index contributed by atoms with van der Waals surface area (Å²) >= 11 is 0. The third kappa shape index (κ3) is 4.80. The monoisotopic (exact) mass is 571 g/mol. The molecule has 2 aliphatic carbocycles. The second-order valence-corrected chi connectivity index (χ2v) is 12.5. The number of carbonyl (C=O) groups is 1. The predicted molar refractivity (Wildman–Crippen MR) is 141 cm³/mol. The van der Waals surface area contributed by atoms with Gasteiger partial charge < -0.3 is 14.5 Å². The minimum absolute atomic E-state index is 0.0173. The van der Waals surface area contributed by atoms with Crippen LogP contribution in [0.15, 0.2) is 77.8 Å². The fourth-order valence-corrected chi connectivity index (χ4v) is 7.49. The summed E-state index contributed by atoms with van der Waals surface area (Å²) in [5.41, 5.74) is 0.103. The van der Waals surface area contributed by atoms with Crippen molar-refractivity contribution >= 4 is 21.6 Å². The highest BCUT2D eigenvalue weighted by atomic mass is 32.2. The third-order valence-corrected chi connectivity index (χ3v) is 9.93. The van der Waals surface area contributed by atoms with Crippen LogP contribution in [0.1, 0.15) is 24.8 Å². The van der Waals surface area contributed by atoms with Crippen LogP contribution in [0.3, 0.4) is 0 Å². The van der Waals surface area contributed by atoms with Gasteiger partial charge in [-0.3, -0.25) is 4.79 Å². The van der Waals surface area contributed by atoms with Crippen LogP contribution >= 0.6 is 0 Å². The first kappa shape index (κ1) is 26.6. The van der Waals surface area contributed by atoms with Crippen molar-refractivity contribution in [2.75, 3.05) is 23.7 Å².